The number of hydrogen-bond acceptors (Lipinski definition) is 7. The van der Waals surface area contributed by atoms with Crippen molar-refractivity contribution in [3.05, 3.63) is 70.0 Å². The van der Waals surface area contributed by atoms with Gasteiger partial charge in [-0.25, -0.2) is 17.8 Å². The second-order valence-corrected chi connectivity index (χ2v) is 9.95. The predicted octanol–water partition coefficient (Wildman–Crippen LogP) is 1.86. The SMILES string of the molecule is Cc1c(O)n(-c2ccc(S(=O)(=O)C(F)(F)F)cc2)c(=O)n1Cc1ccnc(C(=O)N2CCOCC2)c1. The van der Waals surface area contributed by atoms with Crippen LogP contribution in [0.1, 0.15) is 21.7 Å². The summed E-state index contributed by atoms with van der Waals surface area (Å²) in [6.45, 7) is 3.16. The van der Waals surface area contributed by atoms with E-state index in [-0.39, 0.29) is 29.5 Å². The molecule has 36 heavy (non-hydrogen) atoms. The second-order valence-electron chi connectivity index (χ2n) is 8.01. The third-order valence-electron chi connectivity index (χ3n) is 5.75. The molecule has 0 unspecified atom stereocenters. The summed E-state index contributed by atoms with van der Waals surface area (Å²) in [6.07, 6.45) is 1.43. The van der Waals surface area contributed by atoms with Gasteiger partial charge in [0.15, 0.2) is 0 Å². The van der Waals surface area contributed by atoms with Gasteiger partial charge in [0.2, 0.25) is 5.88 Å². The van der Waals surface area contributed by atoms with E-state index >= 15 is 0 Å². The zero-order valence-electron chi connectivity index (χ0n) is 18.9. The van der Waals surface area contributed by atoms with E-state index in [4.69, 9.17) is 4.74 Å². The van der Waals surface area contributed by atoms with Crippen LogP contribution in [-0.2, 0) is 21.1 Å². The molecule has 3 heterocycles. The van der Waals surface area contributed by atoms with Crippen molar-refractivity contribution in [1.82, 2.24) is 19.0 Å². The Bertz CT molecular complexity index is 1460. The summed E-state index contributed by atoms with van der Waals surface area (Å²) in [7, 11) is -5.56. The van der Waals surface area contributed by atoms with Crippen LogP contribution in [0.2, 0.25) is 0 Å². The Morgan fingerprint density at radius 2 is 1.78 bits per heavy atom. The van der Waals surface area contributed by atoms with Crippen LogP contribution in [0.25, 0.3) is 5.69 Å². The summed E-state index contributed by atoms with van der Waals surface area (Å²) in [4.78, 5) is 30.5. The van der Waals surface area contributed by atoms with Crippen LogP contribution < -0.4 is 5.69 Å². The van der Waals surface area contributed by atoms with Crippen LogP contribution in [0.15, 0.2) is 52.3 Å². The molecule has 10 nitrogen and oxygen atoms in total. The summed E-state index contributed by atoms with van der Waals surface area (Å²) in [5, 5.41) is 10.6. The molecule has 0 radical (unpaired) electrons. The van der Waals surface area contributed by atoms with E-state index in [9.17, 15) is 36.3 Å². The van der Waals surface area contributed by atoms with E-state index < -0.39 is 31.8 Å². The summed E-state index contributed by atoms with van der Waals surface area (Å²) >= 11 is 0. The lowest BCUT2D eigenvalue weighted by atomic mass is 10.2. The number of nitrogens with zero attached hydrogens (tertiary/aromatic N) is 4. The maximum atomic E-state index is 13.1. The molecule has 1 saturated heterocycles. The lowest BCUT2D eigenvalue weighted by Gasteiger charge is -2.26. The highest BCUT2D eigenvalue weighted by Gasteiger charge is 2.46. The lowest BCUT2D eigenvalue weighted by molar-refractivity contribution is -0.0436. The molecule has 0 atom stereocenters. The zero-order valence-corrected chi connectivity index (χ0v) is 19.7. The number of sulfone groups is 1. The highest BCUT2D eigenvalue weighted by atomic mass is 32.2. The molecule has 1 amide bonds. The van der Waals surface area contributed by atoms with Crippen molar-refractivity contribution in [2.45, 2.75) is 23.9 Å². The van der Waals surface area contributed by atoms with Crippen LogP contribution in [0.5, 0.6) is 5.88 Å². The van der Waals surface area contributed by atoms with Gasteiger partial charge >= 0.3 is 11.2 Å². The molecule has 1 aliphatic rings. The molecule has 1 N–H and O–H groups in total. The summed E-state index contributed by atoms with van der Waals surface area (Å²) in [6, 6.07) is 6.55. The quantitative estimate of drug-likeness (QED) is 0.538. The number of hydrogen-bond donors (Lipinski definition) is 1. The molecule has 1 fully saturated rings. The molecule has 1 aromatic carbocycles. The van der Waals surface area contributed by atoms with Crippen molar-refractivity contribution >= 4 is 15.7 Å². The number of rotatable bonds is 5. The second kappa shape index (κ2) is 9.43. The normalized spacial score (nSPS) is 14.7. The topological polar surface area (TPSA) is 124 Å². The van der Waals surface area contributed by atoms with E-state index in [1.54, 1.807) is 11.0 Å². The van der Waals surface area contributed by atoms with E-state index in [0.29, 0.717) is 44.0 Å². The first kappa shape index (κ1) is 25.4. The van der Waals surface area contributed by atoms with Crippen molar-refractivity contribution in [2.75, 3.05) is 26.3 Å². The van der Waals surface area contributed by atoms with Gasteiger partial charge in [-0.15, -0.1) is 0 Å². The van der Waals surface area contributed by atoms with Crippen molar-refractivity contribution in [3.63, 3.8) is 0 Å². The molecule has 2 aromatic heterocycles. The minimum atomic E-state index is -5.56. The largest absolute Gasteiger partial charge is 0.501 e. The first-order valence-corrected chi connectivity index (χ1v) is 12.1. The smallest absolute Gasteiger partial charge is 0.493 e. The number of benzene rings is 1. The van der Waals surface area contributed by atoms with Crippen LogP contribution in [0.4, 0.5) is 13.2 Å². The van der Waals surface area contributed by atoms with Crippen LogP contribution >= 0.6 is 0 Å². The number of morpholine rings is 1. The Kier molecular flexibility index (Phi) is 6.66. The number of aromatic nitrogens is 3. The number of carbonyl (C=O) groups is 1. The Balaban J connectivity index is 1.63. The molecular weight excluding hydrogens is 505 g/mol. The molecule has 0 aliphatic carbocycles. The van der Waals surface area contributed by atoms with Crippen LogP contribution in [-0.4, -0.2) is 70.3 Å². The van der Waals surface area contributed by atoms with Crippen molar-refractivity contribution < 1.29 is 36.2 Å². The average molecular weight is 526 g/mol. The van der Waals surface area contributed by atoms with Gasteiger partial charge < -0.3 is 14.7 Å². The maximum absolute atomic E-state index is 13.1. The monoisotopic (exact) mass is 526 g/mol. The number of ether oxygens (including phenoxy) is 1. The Hall–Kier alpha value is -3.65. The van der Waals surface area contributed by atoms with Gasteiger partial charge in [-0.2, -0.15) is 13.2 Å². The fourth-order valence-corrected chi connectivity index (χ4v) is 4.53. The Morgan fingerprint density at radius 1 is 1.14 bits per heavy atom. The van der Waals surface area contributed by atoms with E-state index in [2.05, 4.69) is 4.98 Å². The van der Waals surface area contributed by atoms with Crippen molar-refractivity contribution in [1.29, 1.82) is 0 Å². The number of halogens is 3. The minimum absolute atomic E-state index is 0.0293. The number of aromatic hydroxyl groups is 1. The fraction of sp³-hybridized carbons (Fsp3) is 0.318. The van der Waals surface area contributed by atoms with Gasteiger partial charge in [0, 0.05) is 19.3 Å². The van der Waals surface area contributed by atoms with Crippen molar-refractivity contribution in [3.8, 4) is 11.6 Å². The molecule has 1 aliphatic heterocycles. The Morgan fingerprint density at radius 3 is 2.39 bits per heavy atom. The van der Waals surface area contributed by atoms with Crippen LogP contribution in [0, 0.1) is 6.92 Å². The van der Waals surface area contributed by atoms with E-state index in [1.165, 1.54) is 23.8 Å². The highest BCUT2D eigenvalue weighted by Crippen LogP contribution is 2.31. The average Bonchev–Trinajstić information content (AvgIpc) is 3.06. The maximum Gasteiger partial charge on any atom is 0.501 e. The molecule has 0 spiro atoms. The highest BCUT2D eigenvalue weighted by molar-refractivity contribution is 7.92. The molecule has 192 valence electrons. The molecule has 14 heteroatoms. The lowest BCUT2D eigenvalue weighted by Crippen LogP contribution is -2.41. The number of carbonyl (C=O) groups excluding carboxylic acids is 1. The molecule has 0 bridgehead atoms. The van der Waals surface area contributed by atoms with Crippen molar-refractivity contribution in [2.24, 2.45) is 0 Å². The third kappa shape index (κ3) is 4.60. The van der Waals surface area contributed by atoms with Gasteiger partial charge in [-0.05, 0) is 48.9 Å². The molecular formula is C22H21F3N4O6S. The van der Waals surface area contributed by atoms with Gasteiger partial charge in [0.1, 0.15) is 5.69 Å². The number of alkyl halides is 3. The van der Waals surface area contributed by atoms with Gasteiger partial charge in [-0.3, -0.25) is 14.3 Å². The van der Waals surface area contributed by atoms with E-state index in [1.807, 2.05) is 0 Å². The molecule has 4 rings (SSSR count). The van der Waals surface area contributed by atoms with E-state index in [0.717, 1.165) is 16.7 Å². The summed E-state index contributed by atoms with van der Waals surface area (Å²) in [5.41, 5.74) is -5.32. The van der Waals surface area contributed by atoms with Gasteiger partial charge in [0.05, 0.1) is 36.0 Å². The number of imidazole rings is 1. The third-order valence-corrected chi connectivity index (χ3v) is 7.26. The number of pyridine rings is 1. The van der Waals surface area contributed by atoms with Gasteiger partial charge in [-0.1, -0.05) is 0 Å². The number of amides is 1. The predicted molar refractivity (Wildman–Crippen MR) is 120 cm³/mol. The Labute approximate surface area is 203 Å². The van der Waals surface area contributed by atoms with Gasteiger partial charge in [0.25, 0.3) is 15.7 Å². The minimum Gasteiger partial charge on any atom is -0.493 e. The first-order chi connectivity index (χ1) is 16.9. The van der Waals surface area contributed by atoms with Crippen LogP contribution in [0.3, 0.4) is 0 Å². The zero-order chi connectivity index (χ0) is 26.3. The summed E-state index contributed by atoms with van der Waals surface area (Å²) in [5.74, 6) is -0.747. The fourth-order valence-electron chi connectivity index (χ4n) is 3.76. The first-order valence-electron chi connectivity index (χ1n) is 10.7. The molecule has 3 aromatic rings. The molecule has 0 saturated carbocycles. The summed E-state index contributed by atoms with van der Waals surface area (Å²) < 4.78 is 68.9. The standard InChI is InChI=1S/C22H21F3N4O6S/c1-14-19(30)29(16-2-4-17(5-3-16)36(33,34)22(23,24)25)21(32)28(14)13-15-6-7-26-18(12-15)20(31)27-8-10-35-11-9-27/h2-7,12,30H,8-11,13H2,1H3.